The number of hydrogen-bond donors (Lipinski definition) is 0. The number of nitrogens with zero attached hydrogens (tertiary/aromatic N) is 3. The number of hydrogen-bond acceptors (Lipinski definition) is 7. The van der Waals surface area contributed by atoms with Gasteiger partial charge in [-0.05, 0) is 75.3 Å². The maximum absolute atomic E-state index is 11.6. The fraction of sp³-hybridized carbons (Fsp3) is 0.565. The first-order valence-electron chi connectivity index (χ1n) is 11.0. The molecule has 0 unspecified atom stereocenters. The summed E-state index contributed by atoms with van der Waals surface area (Å²) in [5.41, 5.74) is 1.08. The van der Waals surface area contributed by atoms with Gasteiger partial charge in [0.05, 0.1) is 23.2 Å². The van der Waals surface area contributed by atoms with Crippen LogP contribution in [-0.4, -0.2) is 56.0 Å². The van der Waals surface area contributed by atoms with Crippen LogP contribution in [0, 0.1) is 6.92 Å². The quantitative estimate of drug-likeness (QED) is 0.672. The van der Waals surface area contributed by atoms with Crippen LogP contribution in [0.2, 0.25) is 0 Å². The van der Waals surface area contributed by atoms with E-state index in [1.165, 1.54) is 6.26 Å². The average Bonchev–Trinajstić information content (AvgIpc) is 2.76. The largest absolute Gasteiger partial charge is 0.490 e. The van der Waals surface area contributed by atoms with Crippen LogP contribution in [0.5, 0.6) is 5.75 Å². The normalized spacial score (nSPS) is 23.0. The lowest BCUT2D eigenvalue weighted by Crippen LogP contribution is -2.40. The van der Waals surface area contributed by atoms with E-state index in [4.69, 9.17) is 9.47 Å². The lowest BCUT2D eigenvalue weighted by atomic mass is 9.94. The van der Waals surface area contributed by atoms with Crippen LogP contribution >= 0.6 is 0 Å². The Kier molecular flexibility index (Phi) is 6.77. The third-order valence-electron chi connectivity index (χ3n) is 6.05. The molecule has 0 N–H and O–H groups in total. The van der Waals surface area contributed by atoms with Crippen molar-refractivity contribution in [2.24, 2.45) is 0 Å². The van der Waals surface area contributed by atoms with E-state index >= 15 is 0 Å². The van der Waals surface area contributed by atoms with Gasteiger partial charge < -0.3 is 14.4 Å². The number of piperidine rings is 1. The molecule has 0 atom stereocenters. The number of aromatic nitrogens is 2. The molecule has 1 aliphatic carbocycles. The number of benzene rings is 1. The molecule has 7 nitrogen and oxygen atoms in total. The molecule has 2 heterocycles. The van der Waals surface area contributed by atoms with Crippen molar-refractivity contribution < 1.29 is 17.9 Å². The van der Waals surface area contributed by atoms with Gasteiger partial charge in [-0.15, -0.1) is 0 Å². The van der Waals surface area contributed by atoms with E-state index < -0.39 is 9.84 Å². The van der Waals surface area contributed by atoms with Gasteiger partial charge in [-0.1, -0.05) is 0 Å². The highest BCUT2D eigenvalue weighted by molar-refractivity contribution is 7.90. The van der Waals surface area contributed by atoms with Crippen LogP contribution in [0.1, 0.15) is 44.1 Å². The van der Waals surface area contributed by atoms with Crippen LogP contribution in [0.3, 0.4) is 0 Å². The highest BCUT2D eigenvalue weighted by Crippen LogP contribution is 2.29. The van der Waals surface area contributed by atoms with Gasteiger partial charge in [0.25, 0.3) is 0 Å². The minimum atomic E-state index is -3.18. The molecule has 0 bridgehead atoms. The summed E-state index contributed by atoms with van der Waals surface area (Å²) in [5, 5.41) is 0. The van der Waals surface area contributed by atoms with Gasteiger partial charge in [-0.2, -0.15) is 0 Å². The molecule has 4 rings (SSSR count). The van der Waals surface area contributed by atoms with Crippen molar-refractivity contribution in [2.45, 2.75) is 68.7 Å². The van der Waals surface area contributed by atoms with Crippen molar-refractivity contribution >= 4 is 15.8 Å². The first kappa shape index (κ1) is 22.0. The third kappa shape index (κ3) is 5.95. The maximum atomic E-state index is 11.6. The van der Waals surface area contributed by atoms with Crippen molar-refractivity contribution in [2.75, 3.05) is 24.2 Å². The molecular weight excluding hydrogens is 414 g/mol. The predicted molar refractivity (Wildman–Crippen MR) is 119 cm³/mol. The Hall–Kier alpha value is -2.19. The van der Waals surface area contributed by atoms with Gasteiger partial charge in [-0.25, -0.2) is 18.4 Å². The van der Waals surface area contributed by atoms with Crippen LogP contribution in [0.15, 0.2) is 41.6 Å². The summed E-state index contributed by atoms with van der Waals surface area (Å²) >= 11 is 0. The first-order chi connectivity index (χ1) is 14.9. The van der Waals surface area contributed by atoms with E-state index in [1.807, 2.05) is 19.3 Å². The molecule has 2 fully saturated rings. The Balaban J connectivity index is 1.19. The van der Waals surface area contributed by atoms with Crippen LogP contribution in [0.25, 0.3) is 0 Å². The minimum Gasteiger partial charge on any atom is -0.490 e. The summed E-state index contributed by atoms with van der Waals surface area (Å²) in [6.07, 6.45) is 11.6. The summed E-state index contributed by atoms with van der Waals surface area (Å²) in [7, 11) is -3.18. The highest BCUT2D eigenvalue weighted by atomic mass is 32.2. The molecule has 0 amide bonds. The summed E-state index contributed by atoms with van der Waals surface area (Å²) < 4.78 is 35.6. The smallest absolute Gasteiger partial charge is 0.225 e. The van der Waals surface area contributed by atoms with Gasteiger partial charge in [0.1, 0.15) is 5.75 Å². The lowest BCUT2D eigenvalue weighted by Gasteiger charge is -2.36. The Morgan fingerprint density at radius 1 is 0.871 bits per heavy atom. The molecule has 2 aliphatic rings. The second kappa shape index (κ2) is 9.53. The molecule has 2 aromatic rings. The van der Waals surface area contributed by atoms with Gasteiger partial charge in [0.2, 0.25) is 5.95 Å². The number of sulfone groups is 1. The second-order valence-electron chi connectivity index (χ2n) is 8.64. The van der Waals surface area contributed by atoms with E-state index in [0.29, 0.717) is 17.1 Å². The van der Waals surface area contributed by atoms with Crippen molar-refractivity contribution in [1.82, 2.24) is 9.97 Å². The molecule has 1 aliphatic heterocycles. The molecule has 0 radical (unpaired) electrons. The van der Waals surface area contributed by atoms with Gasteiger partial charge in [0.15, 0.2) is 9.84 Å². The lowest BCUT2D eigenvalue weighted by molar-refractivity contribution is -0.0528. The molecule has 1 saturated carbocycles. The Morgan fingerprint density at radius 3 is 2.00 bits per heavy atom. The standard InChI is InChI=1S/C23H31N3O4S/c1-17-15-24-23(25-16-17)26-13-11-21(12-14-26)30-19-5-3-18(4-6-19)29-20-7-9-22(10-8-20)31(2,27)28/h7-10,15-16,18-19,21H,3-6,11-14H2,1-2H3. The van der Waals surface area contributed by atoms with E-state index in [0.717, 1.165) is 68.9 Å². The van der Waals surface area contributed by atoms with E-state index in [-0.39, 0.29) is 6.10 Å². The van der Waals surface area contributed by atoms with E-state index in [1.54, 1.807) is 24.3 Å². The molecule has 1 saturated heterocycles. The first-order valence-corrected chi connectivity index (χ1v) is 12.9. The van der Waals surface area contributed by atoms with Gasteiger partial charge >= 0.3 is 0 Å². The maximum Gasteiger partial charge on any atom is 0.225 e. The SMILES string of the molecule is Cc1cnc(N2CCC(OC3CCC(Oc4ccc(S(C)(=O)=O)cc4)CC3)CC2)nc1. The van der Waals surface area contributed by atoms with Gasteiger partial charge in [-0.3, -0.25) is 0 Å². The molecule has 31 heavy (non-hydrogen) atoms. The van der Waals surface area contributed by atoms with Crippen molar-refractivity contribution in [3.63, 3.8) is 0 Å². The monoisotopic (exact) mass is 445 g/mol. The second-order valence-corrected chi connectivity index (χ2v) is 10.7. The third-order valence-corrected chi connectivity index (χ3v) is 7.18. The zero-order valence-corrected chi connectivity index (χ0v) is 19.1. The Morgan fingerprint density at radius 2 is 1.42 bits per heavy atom. The van der Waals surface area contributed by atoms with Crippen LogP contribution < -0.4 is 9.64 Å². The Bertz CT molecular complexity index is 947. The summed E-state index contributed by atoms with van der Waals surface area (Å²) in [6, 6.07) is 6.69. The summed E-state index contributed by atoms with van der Waals surface area (Å²) in [6.45, 7) is 3.85. The van der Waals surface area contributed by atoms with E-state index in [2.05, 4.69) is 14.9 Å². The topological polar surface area (TPSA) is 81.6 Å². The number of ether oxygens (including phenoxy) is 2. The van der Waals surface area contributed by atoms with Crippen molar-refractivity contribution in [3.05, 3.63) is 42.2 Å². The molecule has 1 aromatic heterocycles. The summed E-state index contributed by atoms with van der Waals surface area (Å²) in [4.78, 5) is 11.4. The van der Waals surface area contributed by atoms with Crippen molar-refractivity contribution in [3.8, 4) is 5.75 Å². The number of aryl methyl sites for hydroxylation is 1. The van der Waals surface area contributed by atoms with Crippen LogP contribution in [-0.2, 0) is 14.6 Å². The minimum absolute atomic E-state index is 0.157. The molecule has 168 valence electrons. The molecule has 8 heteroatoms. The predicted octanol–water partition coefficient (Wildman–Crippen LogP) is 3.56. The fourth-order valence-corrected chi connectivity index (χ4v) is 4.89. The average molecular weight is 446 g/mol. The number of anilines is 1. The van der Waals surface area contributed by atoms with E-state index in [9.17, 15) is 8.42 Å². The fourth-order valence-electron chi connectivity index (χ4n) is 4.26. The zero-order chi connectivity index (χ0) is 21.8. The molecule has 0 spiro atoms. The Labute approximate surface area is 184 Å². The molecular formula is C23H31N3O4S. The zero-order valence-electron chi connectivity index (χ0n) is 18.2. The van der Waals surface area contributed by atoms with Crippen molar-refractivity contribution in [1.29, 1.82) is 0 Å². The van der Waals surface area contributed by atoms with Gasteiger partial charge in [0, 0.05) is 31.7 Å². The number of rotatable bonds is 6. The highest BCUT2D eigenvalue weighted by Gasteiger charge is 2.28. The molecule has 1 aromatic carbocycles. The summed E-state index contributed by atoms with van der Waals surface area (Å²) in [5.74, 6) is 1.54. The van der Waals surface area contributed by atoms with Crippen LogP contribution in [0.4, 0.5) is 5.95 Å².